The first-order chi connectivity index (χ1) is 27.7. The van der Waals surface area contributed by atoms with Crippen molar-refractivity contribution in [2.75, 3.05) is 57.5 Å². The first-order valence-corrected chi connectivity index (χ1v) is 19.9. The Hall–Kier alpha value is -5.81. The number of nitrogens with two attached hydrogens (primary N) is 1. The molecule has 0 radical (unpaired) electrons. The Morgan fingerprint density at radius 3 is 1.78 bits per heavy atom. The zero-order valence-electron chi connectivity index (χ0n) is 32.9. The van der Waals surface area contributed by atoms with Crippen LogP contribution in [0.15, 0.2) is 61.1 Å². The first kappa shape index (κ1) is 44.9. The van der Waals surface area contributed by atoms with Crippen LogP contribution in [0.2, 0.25) is 0 Å². The molecule has 17 nitrogen and oxygen atoms in total. The maximum atomic E-state index is 13.1. The molecular formula is C39H52Cl2N10O7. The molecule has 0 bridgehead atoms. The van der Waals surface area contributed by atoms with Crippen LogP contribution in [0.25, 0.3) is 0 Å². The zero-order valence-corrected chi connectivity index (χ0v) is 34.4. The number of halogens is 2. The minimum Gasteiger partial charge on any atom is -0.465 e. The molecule has 3 heterocycles. The summed E-state index contributed by atoms with van der Waals surface area (Å²) in [6, 6.07) is 12.7. The van der Waals surface area contributed by atoms with Gasteiger partial charge in [0, 0.05) is 102 Å². The molecule has 0 unspecified atom stereocenters. The third-order valence-electron chi connectivity index (χ3n) is 9.55. The molecule has 0 aliphatic rings. The highest BCUT2D eigenvalue weighted by molar-refractivity contribution is 6.18. The average molecular weight is 844 g/mol. The second-order valence-corrected chi connectivity index (χ2v) is 14.5. The number of hydrogen-bond acceptors (Lipinski definition) is 6. The predicted octanol–water partition coefficient (Wildman–Crippen LogP) is 7.35. The normalized spacial score (nSPS) is 11.0. The number of carbonyl (C=O) groups excluding carboxylic acids is 1. The molecule has 0 spiro atoms. The number of aryl methyl sites for hydroxylation is 4. The van der Waals surface area contributed by atoms with Gasteiger partial charge in [-0.1, -0.05) is 25.0 Å². The lowest BCUT2D eigenvalue weighted by atomic mass is 10.1. The number of anilines is 6. The van der Waals surface area contributed by atoms with Crippen LogP contribution in [-0.2, 0) is 27.6 Å². The minimum absolute atomic E-state index is 0.0144. The number of carboxylic acid groups (broad SMARTS) is 3. The fourth-order valence-corrected chi connectivity index (χ4v) is 7.09. The van der Waals surface area contributed by atoms with Gasteiger partial charge in [0.2, 0.25) is 0 Å². The Bertz CT molecular complexity index is 2040. The van der Waals surface area contributed by atoms with Crippen LogP contribution in [-0.4, -0.2) is 97.0 Å². The van der Waals surface area contributed by atoms with E-state index in [9.17, 15) is 34.5 Å². The first-order valence-electron chi connectivity index (χ1n) is 18.8. The highest BCUT2D eigenvalue weighted by Gasteiger charge is 2.29. The fourth-order valence-electron chi connectivity index (χ4n) is 6.68. The fraction of sp³-hybridized carbons (Fsp3) is 0.410. The summed E-state index contributed by atoms with van der Waals surface area (Å²) in [5, 5.41) is 40.9. The van der Waals surface area contributed by atoms with Gasteiger partial charge in [-0.2, -0.15) is 0 Å². The molecule has 0 saturated carbocycles. The van der Waals surface area contributed by atoms with E-state index in [1.54, 1.807) is 21.1 Å². The van der Waals surface area contributed by atoms with E-state index in [0.29, 0.717) is 18.3 Å². The number of unbranched alkanes of at least 4 members (excludes halogenated alkanes) is 3. The van der Waals surface area contributed by atoms with Gasteiger partial charge < -0.3 is 45.0 Å². The molecule has 19 heteroatoms. The Labute approximate surface area is 347 Å². The van der Waals surface area contributed by atoms with Crippen LogP contribution in [0, 0.1) is 5.41 Å². The van der Waals surface area contributed by atoms with E-state index in [4.69, 9.17) is 34.3 Å². The standard InChI is InChI=1S/C39H52Cl2N10O7/c1-45-24-28(36(52)44-17-7-5-4-6-9-27-11-13-29(14-12-27)48(19-15-40)20-16-41)21-34(45)50(38(55)56)31-23-35(47(3)26-31)51(39(57)58)30-22-33(46(2)25-30)49(37(53)54)18-8-10-32(42)43/h11-14,21-26H,4-10,15-20H2,1-3H3,(H3,42,43)(H,44,52)(H,53,54)(H,55,56)(H,57,58). The van der Waals surface area contributed by atoms with Crippen molar-refractivity contribution in [2.45, 2.75) is 44.9 Å². The monoisotopic (exact) mass is 842 g/mol. The van der Waals surface area contributed by atoms with Crippen molar-refractivity contribution in [1.82, 2.24) is 19.0 Å². The molecule has 3 aromatic heterocycles. The summed E-state index contributed by atoms with van der Waals surface area (Å²) in [7, 11) is 4.72. The lowest BCUT2D eigenvalue weighted by Crippen LogP contribution is -2.32. The third kappa shape index (κ3) is 11.6. The topological polar surface area (TPSA) is 219 Å². The number of hydrogen-bond donors (Lipinski definition) is 6. The number of nitrogens with one attached hydrogen (secondary N) is 2. The highest BCUT2D eigenvalue weighted by Crippen LogP contribution is 2.36. The average Bonchev–Trinajstić information content (AvgIpc) is 3.85. The molecule has 0 aliphatic carbocycles. The number of amides is 4. The number of aromatic nitrogens is 3. The lowest BCUT2D eigenvalue weighted by Gasteiger charge is -2.23. The van der Waals surface area contributed by atoms with E-state index in [1.165, 1.54) is 56.1 Å². The molecule has 0 fully saturated rings. The molecule has 0 saturated heterocycles. The molecule has 4 amide bonds. The van der Waals surface area contributed by atoms with Crippen LogP contribution < -0.4 is 30.7 Å². The highest BCUT2D eigenvalue weighted by atomic mass is 35.5. The van der Waals surface area contributed by atoms with Gasteiger partial charge in [-0.05, 0) is 49.4 Å². The number of benzene rings is 1. The Morgan fingerprint density at radius 2 is 1.22 bits per heavy atom. The van der Waals surface area contributed by atoms with Gasteiger partial charge in [-0.25, -0.2) is 24.2 Å². The maximum Gasteiger partial charge on any atom is 0.417 e. The van der Waals surface area contributed by atoms with E-state index in [1.807, 2.05) is 0 Å². The Morgan fingerprint density at radius 1 is 0.690 bits per heavy atom. The molecule has 4 rings (SSSR count). The van der Waals surface area contributed by atoms with E-state index in [0.717, 1.165) is 65.6 Å². The van der Waals surface area contributed by atoms with Gasteiger partial charge in [0.15, 0.2) is 0 Å². The van der Waals surface area contributed by atoms with Crippen molar-refractivity contribution < 1.29 is 34.5 Å². The summed E-state index contributed by atoms with van der Waals surface area (Å²) in [6.45, 7) is 1.95. The second-order valence-electron chi connectivity index (χ2n) is 13.8. The predicted molar refractivity (Wildman–Crippen MR) is 228 cm³/mol. The number of alkyl halides is 2. The number of nitrogens with zero attached hydrogens (tertiary/aromatic N) is 7. The maximum absolute atomic E-state index is 13.1. The van der Waals surface area contributed by atoms with Crippen LogP contribution in [0.3, 0.4) is 0 Å². The van der Waals surface area contributed by atoms with E-state index in [2.05, 4.69) is 34.5 Å². The van der Waals surface area contributed by atoms with E-state index < -0.39 is 18.3 Å². The molecule has 314 valence electrons. The van der Waals surface area contributed by atoms with Gasteiger partial charge in [-0.15, -0.1) is 23.2 Å². The van der Waals surface area contributed by atoms with Crippen molar-refractivity contribution >= 4 is 87.7 Å². The number of amidine groups is 1. The number of rotatable bonds is 22. The molecule has 58 heavy (non-hydrogen) atoms. The van der Waals surface area contributed by atoms with Gasteiger partial charge in [0.25, 0.3) is 5.91 Å². The molecule has 0 atom stereocenters. The van der Waals surface area contributed by atoms with Crippen molar-refractivity contribution in [3.05, 3.63) is 72.2 Å². The van der Waals surface area contributed by atoms with E-state index >= 15 is 0 Å². The summed E-state index contributed by atoms with van der Waals surface area (Å²) >= 11 is 11.9. The molecule has 0 aliphatic heterocycles. The smallest absolute Gasteiger partial charge is 0.417 e. The van der Waals surface area contributed by atoms with Crippen LogP contribution in [0.4, 0.5) is 48.9 Å². The van der Waals surface area contributed by atoms with Gasteiger partial charge in [0.1, 0.15) is 17.5 Å². The van der Waals surface area contributed by atoms with E-state index in [-0.39, 0.29) is 65.5 Å². The third-order valence-corrected chi connectivity index (χ3v) is 9.89. The summed E-state index contributed by atoms with van der Waals surface area (Å²) in [6.07, 6.45) is 5.50. The van der Waals surface area contributed by atoms with Crippen molar-refractivity contribution in [1.29, 1.82) is 5.41 Å². The SMILES string of the molecule is Cn1cc(N(C(=O)O)c2cc(N(C(=O)O)c3cc(C(=O)NCCCCCCc4ccc(N(CCCl)CCCl)cc4)cn3C)cn2C)cc1N(CCCC(=N)N)C(=O)O. The Kier molecular flexibility index (Phi) is 16.3. The summed E-state index contributed by atoms with van der Waals surface area (Å²) < 4.78 is 4.39. The van der Waals surface area contributed by atoms with Crippen LogP contribution in [0.5, 0.6) is 0 Å². The van der Waals surface area contributed by atoms with Gasteiger partial charge in [-0.3, -0.25) is 15.1 Å². The molecular weight excluding hydrogens is 791 g/mol. The van der Waals surface area contributed by atoms with Gasteiger partial charge in [0.05, 0.1) is 22.8 Å². The van der Waals surface area contributed by atoms with Crippen molar-refractivity contribution in [2.24, 2.45) is 26.9 Å². The van der Waals surface area contributed by atoms with Crippen LogP contribution >= 0.6 is 23.2 Å². The quantitative estimate of drug-likeness (QED) is 0.0201. The largest absolute Gasteiger partial charge is 0.465 e. The minimum atomic E-state index is -1.40. The molecule has 1 aromatic carbocycles. The van der Waals surface area contributed by atoms with Crippen molar-refractivity contribution in [3.8, 4) is 0 Å². The van der Waals surface area contributed by atoms with Crippen LogP contribution in [0.1, 0.15) is 54.4 Å². The second kappa shape index (κ2) is 21.1. The molecule has 4 aromatic rings. The summed E-state index contributed by atoms with van der Waals surface area (Å²) in [5.74, 6) is 1.04. The summed E-state index contributed by atoms with van der Waals surface area (Å²) in [4.78, 5) is 55.6. The summed E-state index contributed by atoms with van der Waals surface area (Å²) in [5.41, 5.74) is 8.24. The lowest BCUT2D eigenvalue weighted by molar-refractivity contribution is 0.0952. The number of carbonyl (C=O) groups is 4. The van der Waals surface area contributed by atoms with Gasteiger partial charge >= 0.3 is 18.3 Å². The zero-order chi connectivity index (χ0) is 42.5. The molecule has 7 N–H and O–H groups in total. The van der Waals surface area contributed by atoms with Crippen molar-refractivity contribution in [3.63, 3.8) is 0 Å². The Balaban J connectivity index is 1.38.